The number of fused-ring (bicyclic) bond motifs is 1. The highest BCUT2D eigenvalue weighted by molar-refractivity contribution is 5.96. The van der Waals surface area contributed by atoms with E-state index in [0.29, 0.717) is 26.1 Å². The summed E-state index contributed by atoms with van der Waals surface area (Å²) in [5.74, 6) is 2.14. The van der Waals surface area contributed by atoms with Gasteiger partial charge in [-0.1, -0.05) is 73.8 Å². The maximum atomic E-state index is 12.2. The fourth-order valence-corrected chi connectivity index (χ4v) is 7.65. The molecule has 0 aliphatic heterocycles. The lowest BCUT2D eigenvalue weighted by Crippen LogP contribution is -2.37. The fourth-order valence-electron chi connectivity index (χ4n) is 7.65. The van der Waals surface area contributed by atoms with Crippen LogP contribution in [0.15, 0.2) is 122 Å². The van der Waals surface area contributed by atoms with Crippen molar-refractivity contribution in [2.24, 2.45) is 0 Å². The Morgan fingerprint density at radius 3 is 1.51 bits per heavy atom. The molecule has 57 heavy (non-hydrogen) atoms. The molecule has 0 heterocycles. The summed E-state index contributed by atoms with van der Waals surface area (Å²) in [5, 5.41) is 0. The lowest BCUT2D eigenvalue weighted by atomic mass is 9.69. The van der Waals surface area contributed by atoms with Gasteiger partial charge in [0.05, 0.1) is 20.3 Å². The second-order valence-corrected chi connectivity index (χ2v) is 17.2. The van der Waals surface area contributed by atoms with Gasteiger partial charge in [0, 0.05) is 24.2 Å². The maximum absolute atomic E-state index is 12.2. The van der Waals surface area contributed by atoms with Crippen LogP contribution in [0.25, 0.3) is 0 Å². The highest BCUT2D eigenvalue weighted by atomic mass is 16.5. The summed E-state index contributed by atoms with van der Waals surface area (Å²) < 4.78 is 30.8. The molecule has 0 saturated carbocycles. The van der Waals surface area contributed by atoms with Gasteiger partial charge in [0.1, 0.15) is 39.7 Å². The molecular weight excluding hydrogens is 713 g/mol. The van der Waals surface area contributed by atoms with Gasteiger partial charge in [0.2, 0.25) is 0 Å². The van der Waals surface area contributed by atoms with Gasteiger partial charge in [-0.25, -0.2) is 0 Å². The van der Waals surface area contributed by atoms with Crippen LogP contribution in [-0.4, -0.2) is 54.3 Å². The number of rotatable bonds is 20. The molecule has 4 aromatic rings. The van der Waals surface area contributed by atoms with E-state index in [0.717, 1.165) is 34.8 Å². The number of ether oxygens (including phenoxy) is 5. The van der Waals surface area contributed by atoms with Crippen LogP contribution in [0.2, 0.25) is 0 Å². The summed E-state index contributed by atoms with van der Waals surface area (Å²) in [5.41, 5.74) is 2.49. The molecule has 5 rings (SSSR count). The van der Waals surface area contributed by atoms with Crippen molar-refractivity contribution in [1.29, 1.82) is 0 Å². The Morgan fingerprint density at radius 2 is 1.09 bits per heavy atom. The predicted octanol–water partition coefficient (Wildman–Crippen LogP) is 10.8. The van der Waals surface area contributed by atoms with E-state index in [1.54, 1.807) is 34.8 Å². The van der Waals surface area contributed by atoms with E-state index < -0.39 is 27.8 Å². The Labute approximate surface area is 340 Å². The first-order chi connectivity index (χ1) is 26.9. The van der Waals surface area contributed by atoms with E-state index in [4.69, 9.17) is 23.7 Å². The van der Waals surface area contributed by atoms with Crippen LogP contribution in [0.5, 0.6) is 17.2 Å². The van der Waals surface area contributed by atoms with Crippen molar-refractivity contribution in [3.05, 3.63) is 150 Å². The maximum Gasteiger partial charge on any atom is 0.186 e. The van der Waals surface area contributed by atoms with E-state index in [9.17, 15) is 9.59 Å². The molecule has 1 aliphatic carbocycles. The SMILES string of the molecule is C=CC(=O)C(C)(C)OCCC(C)(C)Oc1ccc(C2(c3ccc(OC(C)(C)CCOC(C)(C)C(=O)C=C)cc3)CC(c3ccccc3)c3ccc(OC)cc32)cc1. The molecule has 0 fully saturated rings. The van der Waals surface area contributed by atoms with Crippen LogP contribution in [0.3, 0.4) is 0 Å². The second-order valence-electron chi connectivity index (χ2n) is 17.2. The zero-order valence-electron chi connectivity index (χ0n) is 35.3. The molecule has 7 nitrogen and oxygen atoms in total. The van der Waals surface area contributed by atoms with E-state index in [1.807, 2.05) is 52.0 Å². The molecule has 0 aromatic heterocycles. The molecule has 1 atom stereocenters. The average molecular weight is 773 g/mol. The van der Waals surface area contributed by atoms with Crippen LogP contribution in [0, 0.1) is 0 Å². The minimum Gasteiger partial charge on any atom is -0.497 e. The first-order valence-electron chi connectivity index (χ1n) is 19.8. The summed E-state index contributed by atoms with van der Waals surface area (Å²) in [4.78, 5) is 24.4. The Kier molecular flexibility index (Phi) is 13.1. The highest BCUT2D eigenvalue weighted by Gasteiger charge is 2.47. The van der Waals surface area contributed by atoms with Crippen molar-refractivity contribution in [3.8, 4) is 17.2 Å². The summed E-state index contributed by atoms with van der Waals surface area (Å²) >= 11 is 0. The molecule has 0 N–H and O–H groups in total. The molecule has 1 unspecified atom stereocenters. The lowest BCUT2D eigenvalue weighted by Gasteiger charge is -2.34. The second kappa shape index (κ2) is 17.3. The number of methoxy groups -OCH3 is 1. The molecule has 0 amide bonds. The van der Waals surface area contributed by atoms with Crippen molar-refractivity contribution in [3.63, 3.8) is 0 Å². The van der Waals surface area contributed by atoms with Gasteiger partial charge in [0.25, 0.3) is 0 Å². The van der Waals surface area contributed by atoms with Crippen molar-refractivity contribution < 1.29 is 33.3 Å². The van der Waals surface area contributed by atoms with E-state index in [-0.39, 0.29) is 17.5 Å². The molecule has 1 aliphatic rings. The van der Waals surface area contributed by atoms with Crippen molar-refractivity contribution in [2.75, 3.05) is 20.3 Å². The first kappa shape index (κ1) is 43.1. The molecular formula is C50H60O7. The lowest BCUT2D eigenvalue weighted by molar-refractivity contribution is -0.136. The minimum absolute atomic E-state index is 0.145. The van der Waals surface area contributed by atoms with E-state index in [1.165, 1.54) is 28.8 Å². The van der Waals surface area contributed by atoms with Gasteiger partial charge in [-0.3, -0.25) is 9.59 Å². The number of benzene rings is 4. The Balaban J connectivity index is 1.47. The quantitative estimate of drug-likeness (QED) is 0.0828. The van der Waals surface area contributed by atoms with Gasteiger partial charge in [0.15, 0.2) is 11.6 Å². The van der Waals surface area contributed by atoms with Crippen LogP contribution in [0.1, 0.15) is 108 Å². The Hall–Kier alpha value is -4.98. The van der Waals surface area contributed by atoms with Gasteiger partial charge in [-0.05, 0) is 138 Å². The van der Waals surface area contributed by atoms with Crippen LogP contribution >= 0.6 is 0 Å². The number of hydrogen-bond donors (Lipinski definition) is 0. The molecule has 4 aromatic carbocycles. The summed E-state index contributed by atoms with van der Waals surface area (Å²) in [7, 11) is 1.71. The third kappa shape index (κ3) is 9.95. The van der Waals surface area contributed by atoms with Crippen LogP contribution < -0.4 is 14.2 Å². The Morgan fingerprint density at radius 1 is 0.649 bits per heavy atom. The fraction of sp³-hybridized carbons (Fsp3) is 0.400. The standard InChI is InChI=1S/C50H60O7/c1-12-44(51)48(7,8)54-31-29-46(3,4)56-38-23-19-36(20-24-38)50(34-42(35-17-15-14-16-18-35)41-28-27-40(53-11)33-43(41)50)37-21-25-39(26-22-37)57-47(5,6)30-32-55-49(9,10)45(52)13-2/h12-28,33,42H,1-2,29-32,34H2,3-11H3. The molecule has 0 spiro atoms. The van der Waals surface area contributed by atoms with Crippen molar-refractivity contribution in [2.45, 2.75) is 108 Å². The molecule has 0 saturated heterocycles. The smallest absolute Gasteiger partial charge is 0.186 e. The van der Waals surface area contributed by atoms with Crippen molar-refractivity contribution in [1.82, 2.24) is 0 Å². The Bertz CT molecular complexity index is 1930. The number of ketones is 2. The summed E-state index contributed by atoms with van der Waals surface area (Å²) in [6.45, 7) is 23.1. The highest BCUT2D eigenvalue weighted by Crippen LogP contribution is 2.57. The third-order valence-electron chi connectivity index (χ3n) is 11.2. The van der Waals surface area contributed by atoms with E-state index in [2.05, 4.69) is 86.0 Å². The largest absolute Gasteiger partial charge is 0.497 e. The number of carbonyl (C=O) groups is 2. The average Bonchev–Trinajstić information content (AvgIpc) is 3.52. The van der Waals surface area contributed by atoms with Crippen LogP contribution in [0.4, 0.5) is 0 Å². The minimum atomic E-state index is -0.938. The van der Waals surface area contributed by atoms with Gasteiger partial charge < -0.3 is 23.7 Å². The molecule has 302 valence electrons. The normalized spacial score (nSPS) is 15.4. The monoisotopic (exact) mass is 772 g/mol. The van der Waals surface area contributed by atoms with E-state index >= 15 is 0 Å². The predicted molar refractivity (Wildman–Crippen MR) is 228 cm³/mol. The summed E-state index contributed by atoms with van der Waals surface area (Å²) in [6.07, 6.45) is 4.59. The first-order valence-corrected chi connectivity index (χ1v) is 19.8. The van der Waals surface area contributed by atoms with Gasteiger partial charge >= 0.3 is 0 Å². The molecule has 7 heteroatoms. The molecule has 0 bridgehead atoms. The van der Waals surface area contributed by atoms with Gasteiger partial charge in [-0.2, -0.15) is 0 Å². The zero-order chi connectivity index (χ0) is 41.6. The topological polar surface area (TPSA) is 80.3 Å². The number of hydrogen-bond acceptors (Lipinski definition) is 7. The van der Waals surface area contributed by atoms with Gasteiger partial charge in [-0.15, -0.1) is 0 Å². The van der Waals surface area contributed by atoms with Crippen LogP contribution in [-0.2, 0) is 24.5 Å². The zero-order valence-corrected chi connectivity index (χ0v) is 35.3. The summed E-state index contributed by atoms with van der Waals surface area (Å²) in [6, 6.07) is 34.0. The molecule has 0 radical (unpaired) electrons. The third-order valence-corrected chi connectivity index (χ3v) is 11.2. The number of carbonyl (C=O) groups excluding carboxylic acids is 2. The van der Waals surface area contributed by atoms with Crippen molar-refractivity contribution >= 4 is 11.6 Å².